The fourth-order valence-electron chi connectivity index (χ4n) is 6.36. The van der Waals surface area contributed by atoms with E-state index in [4.69, 9.17) is 0 Å². The Morgan fingerprint density at radius 2 is 0.738 bits per heavy atom. The number of benzene rings is 7. The van der Waals surface area contributed by atoms with E-state index in [0.29, 0.717) is 10.8 Å². The Morgan fingerprint density at radius 3 is 1.19 bits per heavy atom. The van der Waals surface area contributed by atoms with E-state index in [9.17, 15) is 4.79 Å². The molecule has 1 heterocycles. The predicted molar refractivity (Wildman–Crippen MR) is 177 cm³/mol. The second-order valence-corrected chi connectivity index (χ2v) is 10.5. The van der Waals surface area contributed by atoms with Crippen LogP contribution in [0.4, 0.5) is 17.1 Å². The molecule has 198 valence electrons. The number of hydrogen-bond donors (Lipinski definition) is 0. The summed E-state index contributed by atoms with van der Waals surface area (Å²) >= 11 is 0. The number of rotatable bonds is 4. The molecule has 0 fully saturated rings. The van der Waals surface area contributed by atoms with Gasteiger partial charge in [0.05, 0.1) is 22.4 Å². The highest BCUT2D eigenvalue weighted by Gasteiger charge is 2.23. The molecule has 8 aromatic rings. The molecule has 0 aliphatic heterocycles. The quantitative estimate of drug-likeness (QED) is 0.208. The highest BCUT2D eigenvalue weighted by atomic mass is 16.1. The van der Waals surface area contributed by atoms with Crippen molar-refractivity contribution in [2.75, 3.05) is 4.90 Å². The van der Waals surface area contributed by atoms with Gasteiger partial charge in [-0.1, -0.05) is 109 Å². The van der Waals surface area contributed by atoms with Crippen LogP contribution < -0.4 is 10.3 Å². The standard InChI is InChI=1S/C39H26N2O/c42-39-33-23-11-13-25-35(33)41(36-26-14-12-24-34(36)39)38-31-21-9-7-19-29(31)37(30-20-8-10-22-32(30)38)40(27-15-3-1-4-16-27)28-17-5-2-6-18-28/h1-26H. The Bertz CT molecular complexity index is 2170. The van der Waals surface area contributed by atoms with Crippen LogP contribution >= 0.6 is 0 Å². The number of fused-ring (bicyclic) bond motifs is 4. The molecule has 3 nitrogen and oxygen atoms in total. The average molecular weight is 539 g/mol. The van der Waals surface area contributed by atoms with Gasteiger partial charge in [-0.15, -0.1) is 0 Å². The first-order valence-electron chi connectivity index (χ1n) is 14.2. The fraction of sp³-hybridized carbons (Fsp3) is 0. The predicted octanol–water partition coefficient (Wildman–Crippen LogP) is 9.92. The van der Waals surface area contributed by atoms with Crippen LogP contribution in [-0.4, -0.2) is 4.57 Å². The maximum atomic E-state index is 13.6. The largest absolute Gasteiger partial charge is 0.309 e. The van der Waals surface area contributed by atoms with Crippen molar-refractivity contribution in [2.24, 2.45) is 0 Å². The summed E-state index contributed by atoms with van der Waals surface area (Å²) < 4.78 is 2.29. The molecule has 0 aliphatic rings. The summed E-state index contributed by atoms with van der Waals surface area (Å²) in [5.41, 5.74) is 6.22. The number of nitrogens with zero attached hydrogens (tertiary/aromatic N) is 2. The van der Waals surface area contributed by atoms with Crippen molar-refractivity contribution in [1.82, 2.24) is 4.57 Å². The lowest BCUT2D eigenvalue weighted by Crippen LogP contribution is -2.13. The van der Waals surface area contributed by atoms with Crippen molar-refractivity contribution in [3.63, 3.8) is 0 Å². The lowest BCUT2D eigenvalue weighted by atomic mass is 9.95. The van der Waals surface area contributed by atoms with E-state index in [1.54, 1.807) is 0 Å². The topological polar surface area (TPSA) is 25.2 Å². The number of anilines is 3. The molecule has 1 aromatic heterocycles. The van der Waals surface area contributed by atoms with Crippen LogP contribution in [0.25, 0.3) is 49.0 Å². The molecular weight excluding hydrogens is 512 g/mol. The molecule has 0 amide bonds. The number of pyridine rings is 1. The molecule has 7 aromatic carbocycles. The Hall–Kier alpha value is -5.67. The average Bonchev–Trinajstić information content (AvgIpc) is 3.07. The Kier molecular flexibility index (Phi) is 5.61. The lowest BCUT2D eigenvalue weighted by Gasteiger charge is -2.30. The first-order valence-corrected chi connectivity index (χ1v) is 14.2. The number of hydrogen-bond acceptors (Lipinski definition) is 2. The van der Waals surface area contributed by atoms with Gasteiger partial charge in [-0.05, 0) is 48.5 Å². The zero-order valence-electron chi connectivity index (χ0n) is 22.8. The molecule has 0 aliphatic carbocycles. The van der Waals surface area contributed by atoms with Crippen molar-refractivity contribution in [3.05, 3.63) is 168 Å². The minimum absolute atomic E-state index is 0.0574. The van der Waals surface area contributed by atoms with Gasteiger partial charge in [-0.3, -0.25) is 4.79 Å². The zero-order chi connectivity index (χ0) is 28.0. The third-order valence-electron chi connectivity index (χ3n) is 8.13. The van der Waals surface area contributed by atoms with Crippen LogP contribution in [0.1, 0.15) is 0 Å². The summed E-state index contributed by atoms with van der Waals surface area (Å²) in [7, 11) is 0. The van der Waals surface area contributed by atoms with Crippen LogP contribution in [0.2, 0.25) is 0 Å². The monoisotopic (exact) mass is 538 g/mol. The molecule has 0 atom stereocenters. The summed E-state index contributed by atoms with van der Waals surface area (Å²) in [4.78, 5) is 16.0. The number of aromatic nitrogens is 1. The van der Waals surface area contributed by atoms with Gasteiger partial charge in [0.1, 0.15) is 0 Å². The molecule has 0 bridgehead atoms. The van der Waals surface area contributed by atoms with Crippen LogP contribution in [0.3, 0.4) is 0 Å². The molecule has 42 heavy (non-hydrogen) atoms. The lowest BCUT2D eigenvalue weighted by molar-refractivity contribution is 1.19. The van der Waals surface area contributed by atoms with E-state index in [2.05, 4.69) is 131 Å². The normalized spacial score (nSPS) is 11.4. The summed E-state index contributed by atoms with van der Waals surface area (Å²) in [6, 6.07) is 54.3. The summed E-state index contributed by atoms with van der Waals surface area (Å²) in [5, 5.41) is 5.91. The van der Waals surface area contributed by atoms with Crippen LogP contribution in [0.5, 0.6) is 0 Å². The fourth-order valence-corrected chi connectivity index (χ4v) is 6.36. The van der Waals surface area contributed by atoms with Gasteiger partial charge in [0.15, 0.2) is 5.43 Å². The van der Waals surface area contributed by atoms with Crippen LogP contribution in [0.15, 0.2) is 163 Å². The summed E-state index contributed by atoms with van der Waals surface area (Å²) in [6.45, 7) is 0. The smallest absolute Gasteiger partial charge is 0.197 e. The maximum absolute atomic E-state index is 13.6. The molecule has 8 rings (SSSR count). The molecule has 0 unspecified atom stereocenters. The van der Waals surface area contributed by atoms with Crippen molar-refractivity contribution < 1.29 is 0 Å². The van der Waals surface area contributed by atoms with E-state index in [1.807, 2.05) is 36.4 Å². The van der Waals surface area contributed by atoms with Crippen molar-refractivity contribution in [2.45, 2.75) is 0 Å². The second-order valence-electron chi connectivity index (χ2n) is 10.5. The first-order chi connectivity index (χ1) is 20.8. The summed E-state index contributed by atoms with van der Waals surface area (Å²) in [6.07, 6.45) is 0. The van der Waals surface area contributed by atoms with Crippen LogP contribution in [-0.2, 0) is 0 Å². The molecule has 0 N–H and O–H groups in total. The Morgan fingerprint density at radius 1 is 0.381 bits per heavy atom. The van der Waals surface area contributed by atoms with E-state index in [-0.39, 0.29) is 5.43 Å². The van der Waals surface area contributed by atoms with Crippen molar-refractivity contribution in [1.29, 1.82) is 0 Å². The Labute approximate surface area is 243 Å². The van der Waals surface area contributed by atoms with Gasteiger partial charge in [-0.25, -0.2) is 0 Å². The molecule has 3 heteroatoms. The van der Waals surface area contributed by atoms with Gasteiger partial charge in [0.2, 0.25) is 0 Å². The minimum Gasteiger partial charge on any atom is -0.309 e. The highest BCUT2D eigenvalue weighted by Crippen LogP contribution is 2.47. The van der Waals surface area contributed by atoms with Gasteiger partial charge in [0.25, 0.3) is 0 Å². The van der Waals surface area contributed by atoms with E-state index < -0.39 is 0 Å². The maximum Gasteiger partial charge on any atom is 0.197 e. The van der Waals surface area contributed by atoms with Crippen LogP contribution in [0, 0.1) is 0 Å². The molecular formula is C39H26N2O. The van der Waals surface area contributed by atoms with E-state index >= 15 is 0 Å². The SMILES string of the molecule is O=c1c2ccccc2n(-c2c3ccccc3c(N(c3ccccc3)c3ccccc3)c3ccccc23)c2ccccc12. The second kappa shape index (κ2) is 9.76. The first kappa shape index (κ1) is 24.2. The van der Waals surface area contributed by atoms with Gasteiger partial charge < -0.3 is 9.47 Å². The molecule has 0 saturated carbocycles. The Balaban J connectivity index is 1.59. The van der Waals surface area contributed by atoms with E-state index in [1.165, 1.54) is 0 Å². The van der Waals surface area contributed by atoms with E-state index in [0.717, 1.165) is 55.3 Å². The van der Waals surface area contributed by atoms with Crippen molar-refractivity contribution in [3.8, 4) is 5.69 Å². The third kappa shape index (κ3) is 3.64. The van der Waals surface area contributed by atoms with Crippen molar-refractivity contribution >= 4 is 60.4 Å². The summed E-state index contributed by atoms with van der Waals surface area (Å²) in [5.74, 6) is 0. The number of para-hydroxylation sites is 4. The van der Waals surface area contributed by atoms with Gasteiger partial charge in [-0.2, -0.15) is 0 Å². The molecule has 0 saturated heterocycles. The van der Waals surface area contributed by atoms with Gasteiger partial charge >= 0.3 is 0 Å². The third-order valence-corrected chi connectivity index (χ3v) is 8.13. The minimum atomic E-state index is 0.0574. The highest BCUT2D eigenvalue weighted by molar-refractivity contribution is 6.20. The molecule has 0 spiro atoms. The van der Waals surface area contributed by atoms with Gasteiger partial charge in [0, 0.05) is 43.7 Å². The zero-order valence-corrected chi connectivity index (χ0v) is 22.8. The molecule has 0 radical (unpaired) electrons.